The summed E-state index contributed by atoms with van der Waals surface area (Å²) in [5.41, 5.74) is 4.22. The van der Waals surface area contributed by atoms with Crippen molar-refractivity contribution in [1.82, 2.24) is 4.98 Å². The fourth-order valence-corrected chi connectivity index (χ4v) is 3.20. The molecule has 1 aliphatic rings. The maximum absolute atomic E-state index is 12.8. The van der Waals surface area contributed by atoms with Gasteiger partial charge in [-0.15, -0.1) is 0 Å². The maximum atomic E-state index is 12.8. The molecule has 1 saturated heterocycles. The average Bonchev–Trinajstić information content (AvgIpc) is 2.59. The van der Waals surface area contributed by atoms with E-state index in [1.54, 1.807) is 0 Å². The molecule has 0 saturated carbocycles. The fraction of sp³-hybridized carbons (Fsp3) is 0.400. The lowest BCUT2D eigenvalue weighted by Gasteiger charge is -2.30. The lowest BCUT2D eigenvalue weighted by atomic mass is 10.1. The van der Waals surface area contributed by atoms with Crippen LogP contribution in [0.2, 0.25) is 0 Å². The van der Waals surface area contributed by atoms with E-state index in [0.717, 1.165) is 54.1 Å². The molecule has 1 aromatic heterocycles. The van der Waals surface area contributed by atoms with Gasteiger partial charge in [0.2, 0.25) is 0 Å². The Balaban J connectivity index is 1.84. The van der Waals surface area contributed by atoms with Crippen molar-refractivity contribution < 1.29 is 9.90 Å². The second-order valence-electron chi connectivity index (χ2n) is 6.77. The topological polar surface area (TPSA) is 65.5 Å². The predicted octanol–water partition coefficient (Wildman–Crippen LogP) is 3.22. The minimum absolute atomic E-state index is 0.186. The third-order valence-electron chi connectivity index (χ3n) is 4.81. The van der Waals surface area contributed by atoms with E-state index in [-0.39, 0.29) is 12.0 Å². The van der Waals surface area contributed by atoms with Crippen LogP contribution in [0, 0.1) is 20.8 Å². The Morgan fingerprint density at radius 2 is 1.72 bits per heavy atom. The van der Waals surface area contributed by atoms with Crippen LogP contribution in [0.25, 0.3) is 0 Å². The molecule has 0 bridgehead atoms. The van der Waals surface area contributed by atoms with Crippen molar-refractivity contribution >= 4 is 17.4 Å². The molecular weight excluding hydrogens is 314 g/mol. The molecule has 0 unspecified atom stereocenters. The maximum Gasteiger partial charge on any atom is 0.274 e. The lowest BCUT2D eigenvalue weighted by molar-refractivity contribution is 0.102. The van der Waals surface area contributed by atoms with E-state index in [9.17, 15) is 9.90 Å². The molecule has 1 amide bonds. The molecule has 1 aliphatic heterocycles. The van der Waals surface area contributed by atoms with Crippen molar-refractivity contribution in [3.8, 4) is 0 Å². The number of carbonyl (C=O) groups is 1. The van der Waals surface area contributed by atoms with Gasteiger partial charge in [0, 0.05) is 18.8 Å². The summed E-state index contributed by atoms with van der Waals surface area (Å²) < 4.78 is 0. The molecule has 5 nitrogen and oxygen atoms in total. The van der Waals surface area contributed by atoms with E-state index in [1.807, 2.05) is 51.1 Å². The molecule has 132 valence electrons. The van der Waals surface area contributed by atoms with Gasteiger partial charge in [-0.2, -0.15) is 0 Å². The Kier molecular flexibility index (Phi) is 5.04. The summed E-state index contributed by atoms with van der Waals surface area (Å²) in [5, 5.41) is 12.7. The molecule has 2 heterocycles. The zero-order valence-corrected chi connectivity index (χ0v) is 15.0. The summed E-state index contributed by atoms with van der Waals surface area (Å²) in [6, 6.07) is 9.84. The van der Waals surface area contributed by atoms with Crippen LogP contribution in [-0.4, -0.2) is 35.2 Å². The number of carbonyl (C=O) groups excluding carboxylic acids is 1. The summed E-state index contributed by atoms with van der Waals surface area (Å²) in [5.74, 6) is 0.609. The highest BCUT2D eigenvalue weighted by atomic mass is 16.3. The number of piperidine rings is 1. The normalized spacial score (nSPS) is 15.3. The Labute approximate surface area is 148 Å². The Morgan fingerprint density at radius 3 is 2.36 bits per heavy atom. The highest BCUT2D eigenvalue weighted by Gasteiger charge is 2.20. The number of para-hydroxylation sites is 1. The first-order valence-corrected chi connectivity index (χ1v) is 8.74. The first-order chi connectivity index (χ1) is 12.0. The average molecular weight is 339 g/mol. The van der Waals surface area contributed by atoms with Gasteiger partial charge in [-0.1, -0.05) is 24.3 Å². The minimum Gasteiger partial charge on any atom is -0.393 e. The van der Waals surface area contributed by atoms with Crippen molar-refractivity contribution in [3.05, 3.63) is 52.7 Å². The minimum atomic E-state index is -0.228. The molecule has 3 rings (SSSR count). The number of aromatic nitrogens is 1. The zero-order chi connectivity index (χ0) is 18.0. The van der Waals surface area contributed by atoms with E-state index in [1.165, 1.54) is 0 Å². The molecule has 1 aromatic carbocycles. The standard InChI is InChI=1S/C20H25N3O2/c1-13-5-4-6-14(2)18(13)22-20(25)19-15(3)7-8-17(21-19)23-11-9-16(24)10-12-23/h4-8,16,24H,9-12H2,1-3H3,(H,22,25). The summed E-state index contributed by atoms with van der Waals surface area (Å²) >= 11 is 0. The van der Waals surface area contributed by atoms with Gasteiger partial charge in [-0.05, 0) is 56.4 Å². The van der Waals surface area contributed by atoms with Crippen LogP contribution in [0.1, 0.15) is 40.0 Å². The Hall–Kier alpha value is -2.40. The van der Waals surface area contributed by atoms with Crippen molar-refractivity contribution in [2.75, 3.05) is 23.3 Å². The molecule has 2 N–H and O–H groups in total. The molecule has 0 aliphatic carbocycles. The number of aryl methyl sites for hydroxylation is 3. The summed E-state index contributed by atoms with van der Waals surface area (Å²) in [6.45, 7) is 7.39. The molecular formula is C20H25N3O2. The third kappa shape index (κ3) is 3.82. The van der Waals surface area contributed by atoms with Gasteiger partial charge < -0.3 is 15.3 Å². The van der Waals surface area contributed by atoms with Crippen LogP contribution in [0.3, 0.4) is 0 Å². The number of benzene rings is 1. The van der Waals surface area contributed by atoms with E-state index in [2.05, 4.69) is 15.2 Å². The highest BCUT2D eigenvalue weighted by Crippen LogP contribution is 2.23. The first kappa shape index (κ1) is 17.4. The summed E-state index contributed by atoms with van der Waals surface area (Å²) in [7, 11) is 0. The Bertz CT molecular complexity index is 760. The number of anilines is 2. The van der Waals surface area contributed by atoms with Gasteiger partial charge in [-0.25, -0.2) is 4.98 Å². The van der Waals surface area contributed by atoms with Gasteiger partial charge >= 0.3 is 0 Å². The van der Waals surface area contributed by atoms with Crippen LogP contribution in [0.4, 0.5) is 11.5 Å². The van der Waals surface area contributed by atoms with Crippen molar-refractivity contribution in [2.45, 2.75) is 39.7 Å². The number of amides is 1. The number of hydrogen-bond acceptors (Lipinski definition) is 4. The summed E-state index contributed by atoms with van der Waals surface area (Å²) in [4.78, 5) is 19.5. The lowest BCUT2D eigenvalue weighted by Crippen LogP contribution is -2.36. The van der Waals surface area contributed by atoms with Crippen LogP contribution in [-0.2, 0) is 0 Å². The van der Waals surface area contributed by atoms with Crippen LogP contribution in [0.15, 0.2) is 30.3 Å². The molecule has 0 radical (unpaired) electrons. The van der Waals surface area contributed by atoms with Gasteiger partial charge in [0.15, 0.2) is 0 Å². The van der Waals surface area contributed by atoms with Gasteiger partial charge in [0.05, 0.1) is 6.10 Å². The van der Waals surface area contributed by atoms with E-state index >= 15 is 0 Å². The zero-order valence-electron chi connectivity index (χ0n) is 15.0. The number of aliphatic hydroxyl groups is 1. The first-order valence-electron chi connectivity index (χ1n) is 8.74. The second-order valence-corrected chi connectivity index (χ2v) is 6.77. The molecule has 5 heteroatoms. The number of aliphatic hydroxyl groups excluding tert-OH is 1. The number of hydrogen-bond donors (Lipinski definition) is 2. The van der Waals surface area contributed by atoms with E-state index < -0.39 is 0 Å². The van der Waals surface area contributed by atoms with Crippen molar-refractivity contribution in [1.29, 1.82) is 0 Å². The Morgan fingerprint density at radius 1 is 1.08 bits per heavy atom. The quantitative estimate of drug-likeness (QED) is 0.901. The largest absolute Gasteiger partial charge is 0.393 e. The molecule has 0 spiro atoms. The number of rotatable bonds is 3. The number of pyridine rings is 1. The smallest absolute Gasteiger partial charge is 0.274 e. The molecule has 2 aromatic rings. The van der Waals surface area contributed by atoms with Crippen LogP contribution < -0.4 is 10.2 Å². The van der Waals surface area contributed by atoms with Crippen LogP contribution in [0.5, 0.6) is 0 Å². The fourth-order valence-electron chi connectivity index (χ4n) is 3.20. The second kappa shape index (κ2) is 7.23. The SMILES string of the molecule is Cc1ccc(N2CCC(O)CC2)nc1C(=O)Nc1c(C)cccc1C. The van der Waals surface area contributed by atoms with Gasteiger partial charge in [0.1, 0.15) is 11.5 Å². The van der Waals surface area contributed by atoms with Crippen molar-refractivity contribution in [3.63, 3.8) is 0 Å². The van der Waals surface area contributed by atoms with Gasteiger partial charge in [0.25, 0.3) is 5.91 Å². The van der Waals surface area contributed by atoms with E-state index in [4.69, 9.17) is 0 Å². The molecule has 1 fully saturated rings. The third-order valence-corrected chi connectivity index (χ3v) is 4.81. The predicted molar refractivity (Wildman–Crippen MR) is 100 cm³/mol. The number of nitrogens with one attached hydrogen (secondary N) is 1. The van der Waals surface area contributed by atoms with Crippen LogP contribution >= 0.6 is 0 Å². The number of nitrogens with zero attached hydrogens (tertiary/aromatic N) is 2. The van der Waals surface area contributed by atoms with Gasteiger partial charge in [-0.3, -0.25) is 4.79 Å². The molecule has 0 atom stereocenters. The van der Waals surface area contributed by atoms with Crippen molar-refractivity contribution in [2.24, 2.45) is 0 Å². The monoisotopic (exact) mass is 339 g/mol. The summed E-state index contributed by atoms with van der Waals surface area (Å²) in [6.07, 6.45) is 1.24. The van der Waals surface area contributed by atoms with E-state index in [0.29, 0.717) is 5.69 Å². The molecule has 25 heavy (non-hydrogen) atoms. The highest BCUT2D eigenvalue weighted by molar-refractivity contribution is 6.04.